The molecule has 4 nitrogen and oxygen atoms in total. The molecule has 1 aliphatic rings. The zero-order valence-corrected chi connectivity index (χ0v) is 8.27. The third-order valence-corrected chi connectivity index (χ3v) is 2.61. The summed E-state index contributed by atoms with van der Waals surface area (Å²) in [6, 6.07) is 8.75. The maximum absolute atomic E-state index is 11.1. The molecule has 2 aromatic carbocycles. The van der Waals surface area contributed by atoms with Crippen LogP contribution in [0.4, 0.5) is 0 Å². The molecule has 0 aromatic heterocycles. The predicted molar refractivity (Wildman–Crippen MR) is 57.0 cm³/mol. The van der Waals surface area contributed by atoms with E-state index < -0.39 is 5.97 Å². The maximum Gasteiger partial charge on any atom is 0.336 e. The van der Waals surface area contributed by atoms with Gasteiger partial charge in [0.15, 0.2) is 11.5 Å². The number of hydrogen-bond donors (Lipinski definition) is 1. The third kappa shape index (κ3) is 1.13. The Kier molecular flexibility index (Phi) is 1.77. The minimum Gasteiger partial charge on any atom is -0.478 e. The molecule has 80 valence electrons. The van der Waals surface area contributed by atoms with Crippen LogP contribution in [0, 0.1) is 0 Å². The summed E-state index contributed by atoms with van der Waals surface area (Å²) in [5.74, 6) is 0.159. The summed E-state index contributed by atoms with van der Waals surface area (Å²) in [6.07, 6.45) is 0. The van der Waals surface area contributed by atoms with Crippen molar-refractivity contribution in [2.45, 2.75) is 0 Å². The van der Waals surface area contributed by atoms with E-state index in [0.717, 1.165) is 5.39 Å². The number of benzene rings is 2. The van der Waals surface area contributed by atoms with Crippen LogP contribution in [0.25, 0.3) is 10.8 Å². The first-order valence-electron chi connectivity index (χ1n) is 4.82. The summed E-state index contributed by atoms with van der Waals surface area (Å²) in [5, 5.41) is 10.6. The van der Waals surface area contributed by atoms with Crippen LogP contribution in [0.2, 0.25) is 0 Å². The van der Waals surface area contributed by atoms with E-state index in [2.05, 4.69) is 0 Å². The highest BCUT2D eigenvalue weighted by Crippen LogP contribution is 2.40. The van der Waals surface area contributed by atoms with Crippen LogP contribution in [0.3, 0.4) is 0 Å². The lowest BCUT2D eigenvalue weighted by molar-refractivity contribution is 0.0698. The molecule has 16 heavy (non-hydrogen) atoms. The Bertz CT molecular complexity index is 589. The number of aromatic carboxylic acids is 1. The van der Waals surface area contributed by atoms with E-state index >= 15 is 0 Å². The third-order valence-electron chi connectivity index (χ3n) is 2.61. The monoisotopic (exact) mass is 216 g/mol. The Balaban J connectivity index is 2.44. The van der Waals surface area contributed by atoms with Crippen molar-refractivity contribution in [2.24, 2.45) is 0 Å². The fourth-order valence-electron chi connectivity index (χ4n) is 1.91. The van der Waals surface area contributed by atoms with Gasteiger partial charge >= 0.3 is 5.97 Å². The molecule has 0 saturated heterocycles. The fourth-order valence-corrected chi connectivity index (χ4v) is 1.91. The van der Waals surface area contributed by atoms with Gasteiger partial charge in [-0.15, -0.1) is 0 Å². The highest BCUT2D eigenvalue weighted by atomic mass is 16.7. The van der Waals surface area contributed by atoms with Gasteiger partial charge in [-0.1, -0.05) is 24.3 Å². The summed E-state index contributed by atoms with van der Waals surface area (Å²) in [7, 11) is 0. The molecule has 0 aliphatic carbocycles. The van der Waals surface area contributed by atoms with Crippen molar-refractivity contribution in [1.29, 1.82) is 0 Å². The molecule has 1 N–H and O–H groups in total. The molecular weight excluding hydrogens is 208 g/mol. The fraction of sp³-hybridized carbons (Fsp3) is 0.0833. The second kappa shape index (κ2) is 3.13. The minimum absolute atomic E-state index is 0.141. The van der Waals surface area contributed by atoms with Gasteiger partial charge in [-0.3, -0.25) is 0 Å². The van der Waals surface area contributed by atoms with Crippen molar-refractivity contribution in [1.82, 2.24) is 0 Å². The molecule has 2 aromatic rings. The van der Waals surface area contributed by atoms with E-state index in [4.69, 9.17) is 14.6 Å². The van der Waals surface area contributed by atoms with Crippen LogP contribution in [0.5, 0.6) is 11.5 Å². The van der Waals surface area contributed by atoms with Gasteiger partial charge in [0, 0.05) is 10.8 Å². The number of fused-ring (bicyclic) bond motifs is 3. The van der Waals surface area contributed by atoms with Gasteiger partial charge in [0.05, 0.1) is 5.56 Å². The smallest absolute Gasteiger partial charge is 0.336 e. The molecule has 3 rings (SSSR count). The van der Waals surface area contributed by atoms with E-state index in [0.29, 0.717) is 16.9 Å². The molecule has 1 aliphatic heterocycles. The molecule has 4 heteroatoms. The molecular formula is C12H8O4. The van der Waals surface area contributed by atoms with Gasteiger partial charge in [-0.25, -0.2) is 4.79 Å². The average Bonchev–Trinajstić information content (AvgIpc) is 2.75. The standard InChI is InChI=1S/C12H8O4/c13-12(14)9-5-10-11(16-6-15-10)8-4-2-1-3-7(8)9/h1-5H,6H2,(H,13,14). The molecule has 0 unspecified atom stereocenters. The molecule has 0 bridgehead atoms. The van der Waals surface area contributed by atoms with E-state index in [1.807, 2.05) is 12.1 Å². The van der Waals surface area contributed by atoms with Crippen LogP contribution in [0.1, 0.15) is 10.4 Å². The van der Waals surface area contributed by atoms with Crippen LogP contribution >= 0.6 is 0 Å². The first kappa shape index (κ1) is 9.03. The largest absolute Gasteiger partial charge is 0.478 e. The maximum atomic E-state index is 11.1. The zero-order chi connectivity index (χ0) is 11.1. The minimum atomic E-state index is -0.963. The summed E-state index contributed by atoms with van der Waals surface area (Å²) >= 11 is 0. The Morgan fingerprint density at radius 3 is 2.69 bits per heavy atom. The van der Waals surface area contributed by atoms with Crippen molar-refractivity contribution in [2.75, 3.05) is 6.79 Å². The SMILES string of the molecule is O=C(O)c1cc2c(c3ccccc13)OCO2. The molecule has 0 saturated carbocycles. The first-order valence-corrected chi connectivity index (χ1v) is 4.82. The summed E-state index contributed by atoms with van der Waals surface area (Å²) < 4.78 is 10.5. The van der Waals surface area contributed by atoms with E-state index in [1.54, 1.807) is 12.1 Å². The highest BCUT2D eigenvalue weighted by Gasteiger charge is 2.21. The lowest BCUT2D eigenvalue weighted by atomic mass is 10.0. The number of carboxylic acid groups (broad SMARTS) is 1. The van der Waals surface area contributed by atoms with Crippen molar-refractivity contribution in [3.63, 3.8) is 0 Å². The van der Waals surface area contributed by atoms with Crippen molar-refractivity contribution >= 4 is 16.7 Å². The van der Waals surface area contributed by atoms with Gasteiger partial charge in [0.2, 0.25) is 6.79 Å². The lowest BCUT2D eigenvalue weighted by Crippen LogP contribution is -1.97. The summed E-state index contributed by atoms with van der Waals surface area (Å²) in [6.45, 7) is 0.141. The molecule has 0 radical (unpaired) electrons. The van der Waals surface area contributed by atoms with E-state index in [-0.39, 0.29) is 12.4 Å². The normalized spacial score (nSPS) is 13.0. The quantitative estimate of drug-likeness (QED) is 0.794. The highest BCUT2D eigenvalue weighted by molar-refractivity contribution is 6.07. The van der Waals surface area contributed by atoms with Crippen molar-refractivity contribution in [3.05, 3.63) is 35.9 Å². The second-order valence-corrected chi connectivity index (χ2v) is 3.51. The number of carbonyl (C=O) groups is 1. The van der Waals surface area contributed by atoms with Gasteiger partial charge in [-0.2, -0.15) is 0 Å². The molecule has 0 fully saturated rings. The average molecular weight is 216 g/mol. The number of hydrogen-bond acceptors (Lipinski definition) is 3. The topological polar surface area (TPSA) is 55.8 Å². The summed E-state index contributed by atoms with van der Waals surface area (Å²) in [4.78, 5) is 11.1. The Hall–Kier alpha value is -2.23. The second-order valence-electron chi connectivity index (χ2n) is 3.51. The van der Waals surface area contributed by atoms with E-state index in [9.17, 15) is 4.79 Å². The molecule has 0 amide bonds. The number of rotatable bonds is 1. The van der Waals surface area contributed by atoms with Gasteiger partial charge in [-0.05, 0) is 6.07 Å². The molecule has 0 spiro atoms. The van der Waals surface area contributed by atoms with Crippen LogP contribution in [0.15, 0.2) is 30.3 Å². The van der Waals surface area contributed by atoms with Crippen molar-refractivity contribution < 1.29 is 19.4 Å². The van der Waals surface area contributed by atoms with Crippen LogP contribution in [-0.2, 0) is 0 Å². The van der Waals surface area contributed by atoms with Crippen LogP contribution < -0.4 is 9.47 Å². The Morgan fingerprint density at radius 1 is 1.19 bits per heavy atom. The Labute approximate surface area is 91.0 Å². The predicted octanol–water partition coefficient (Wildman–Crippen LogP) is 2.27. The van der Waals surface area contributed by atoms with Crippen molar-refractivity contribution in [3.8, 4) is 11.5 Å². The van der Waals surface area contributed by atoms with Gasteiger partial charge < -0.3 is 14.6 Å². The first-order chi connectivity index (χ1) is 7.77. The van der Waals surface area contributed by atoms with E-state index in [1.165, 1.54) is 6.07 Å². The zero-order valence-electron chi connectivity index (χ0n) is 8.27. The Morgan fingerprint density at radius 2 is 1.94 bits per heavy atom. The van der Waals surface area contributed by atoms with Gasteiger partial charge in [0.1, 0.15) is 0 Å². The number of ether oxygens (including phenoxy) is 2. The van der Waals surface area contributed by atoms with Crippen LogP contribution in [-0.4, -0.2) is 17.9 Å². The lowest BCUT2D eigenvalue weighted by Gasteiger charge is -2.05. The number of carboxylic acids is 1. The van der Waals surface area contributed by atoms with Gasteiger partial charge in [0.25, 0.3) is 0 Å². The molecule has 0 atom stereocenters. The molecule has 1 heterocycles. The summed E-state index contributed by atoms with van der Waals surface area (Å²) in [5.41, 5.74) is 0.236.